The third-order valence-corrected chi connectivity index (χ3v) is 2.86. The number of rotatable bonds is 1. The maximum absolute atomic E-state index is 11.9. The largest absolute Gasteiger partial charge is 0.622 e. The molecule has 15 heavy (non-hydrogen) atoms. The van der Waals surface area contributed by atoms with Crippen molar-refractivity contribution in [3.8, 4) is 0 Å². The Morgan fingerprint density at radius 2 is 2.13 bits per heavy atom. The number of hydroxylamine groups is 1. The number of amidine groups is 1. The second-order valence-electron chi connectivity index (χ2n) is 3.18. The number of aliphatic imine (C=N–C) groups is 1. The number of fused-ring (bicyclic) bond motifs is 1. The molecule has 1 aromatic heterocycles. The Morgan fingerprint density at radius 3 is 2.87 bits per heavy atom. The van der Waals surface area contributed by atoms with Crippen molar-refractivity contribution in [2.45, 2.75) is 0 Å². The van der Waals surface area contributed by atoms with Gasteiger partial charge in [-0.1, -0.05) is 12.1 Å². The first-order valence-electron chi connectivity index (χ1n) is 4.47. The van der Waals surface area contributed by atoms with E-state index in [2.05, 4.69) is 9.98 Å². The van der Waals surface area contributed by atoms with Crippen molar-refractivity contribution in [3.05, 3.63) is 46.1 Å². The standard InChI is InChI=1S/C10H7N3OS/c14-13-9-4-2-1-3-7(9)12-10(13)8-5-15-6-11-8/h1-6,13H. The molecule has 0 amide bonds. The molecule has 0 spiro atoms. The summed E-state index contributed by atoms with van der Waals surface area (Å²) in [6.45, 7) is 0. The molecule has 3 rings (SSSR count). The predicted octanol–water partition coefficient (Wildman–Crippen LogP) is 1.25. The molecule has 74 valence electrons. The van der Waals surface area contributed by atoms with E-state index in [4.69, 9.17) is 0 Å². The van der Waals surface area contributed by atoms with Crippen LogP contribution in [0.3, 0.4) is 0 Å². The zero-order chi connectivity index (χ0) is 10.3. The molecule has 0 bridgehead atoms. The average molecular weight is 217 g/mol. The van der Waals surface area contributed by atoms with Gasteiger partial charge in [0.15, 0.2) is 11.4 Å². The molecule has 1 aromatic carbocycles. The van der Waals surface area contributed by atoms with Crippen molar-refractivity contribution >= 4 is 28.5 Å². The molecule has 4 nitrogen and oxygen atoms in total. The predicted molar refractivity (Wildman–Crippen MR) is 58.7 cm³/mol. The van der Waals surface area contributed by atoms with Gasteiger partial charge in [0, 0.05) is 11.4 Å². The summed E-state index contributed by atoms with van der Waals surface area (Å²) in [7, 11) is 0. The van der Waals surface area contributed by atoms with E-state index in [0.29, 0.717) is 17.2 Å². The SMILES string of the molecule is [O-][NH+]1C(c2cscn2)=Nc2ccccc21. The van der Waals surface area contributed by atoms with Gasteiger partial charge in [-0.05, 0) is 6.07 Å². The number of thiazole rings is 1. The van der Waals surface area contributed by atoms with Crippen LogP contribution < -0.4 is 5.06 Å². The minimum atomic E-state index is -0.0310. The number of nitrogens with one attached hydrogen (secondary N) is 1. The second kappa shape index (κ2) is 3.23. The number of hydrogen-bond donors (Lipinski definition) is 1. The summed E-state index contributed by atoms with van der Waals surface area (Å²) in [5.41, 5.74) is 3.78. The first-order valence-corrected chi connectivity index (χ1v) is 5.41. The third-order valence-electron chi connectivity index (χ3n) is 2.27. The Bertz CT molecular complexity index is 521. The van der Waals surface area contributed by atoms with E-state index in [1.807, 2.05) is 23.6 Å². The second-order valence-corrected chi connectivity index (χ2v) is 3.90. The van der Waals surface area contributed by atoms with E-state index >= 15 is 0 Å². The average Bonchev–Trinajstić information content (AvgIpc) is 2.87. The number of nitrogens with zero attached hydrogens (tertiary/aromatic N) is 2. The molecule has 1 unspecified atom stereocenters. The van der Waals surface area contributed by atoms with Crippen LogP contribution >= 0.6 is 11.3 Å². The van der Waals surface area contributed by atoms with Gasteiger partial charge in [-0.15, -0.1) is 11.3 Å². The molecule has 0 aliphatic carbocycles. The molecule has 0 saturated carbocycles. The lowest BCUT2D eigenvalue weighted by Crippen LogP contribution is -3.04. The highest BCUT2D eigenvalue weighted by Crippen LogP contribution is 2.25. The minimum Gasteiger partial charge on any atom is -0.622 e. The summed E-state index contributed by atoms with van der Waals surface area (Å²) < 4.78 is 0. The monoisotopic (exact) mass is 217 g/mol. The summed E-state index contributed by atoms with van der Waals surface area (Å²) in [4.78, 5) is 8.38. The van der Waals surface area contributed by atoms with Gasteiger partial charge in [0.25, 0.3) is 5.84 Å². The van der Waals surface area contributed by atoms with E-state index < -0.39 is 0 Å². The molecule has 0 radical (unpaired) electrons. The Labute approximate surface area is 90.1 Å². The summed E-state index contributed by atoms with van der Waals surface area (Å²) in [6.07, 6.45) is 0. The molecular formula is C10H7N3OS. The fourth-order valence-electron chi connectivity index (χ4n) is 1.56. The summed E-state index contributed by atoms with van der Waals surface area (Å²) in [6, 6.07) is 7.35. The van der Waals surface area contributed by atoms with Gasteiger partial charge in [-0.3, -0.25) is 5.06 Å². The molecule has 2 aromatic rings. The summed E-state index contributed by atoms with van der Waals surface area (Å²) in [5.74, 6) is 0.456. The molecule has 1 atom stereocenters. The van der Waals surface area contributed by atoms with Crippen LogP contribution in [0.2, 0.25) is 0 Å². The summed E-state index contributed by atoms with van der Waals surface area (Å²) >= 11 is 1.46. The maximum atomic E-state index is 11.9. The number of aromatic nitrogens is 1. The molecule has 5 heteroatoms. The van der Waals surface area contributed by atoms with E-state index in [1.54, 1.807) is 11.6 Å². The molecule has 0 saturated heterocycles. The zero-order valence-electron chi connectivity index (χ0n) is 7.68. The lowest BCUT2D eigenvalue weighted by Gasteiger charge is -2.15. The highest BCUT2D eigenvalue weighted by molar-refractivity contribution is 7.07. The van der Waals surface area contributed by atoms with Gasteiger partial charge in [0.1, 0.15) is 5.69 Å². The van der Waals surface area contributed by atoms with E-state index in [0.717, 1.165) is 5.69 Å². The van der Waals surface area contributed by atoms with Gasteiger partial charge in [0.2, 0.25) is 0 Å². The van der Waals surface area contributed by atoms with Gasteiger partial charge >= 0.3 is 0 Å². The van der Waals surface area contributed by atoms with Gasteiger partial charge in [-0.2, -0.15) is 4.99 Å². The van der Waals surface area contributed by atoms with Crippen LogP contribution in [0.5, 0.6) is 0 Å². The quantitative estimate of drug-likeness (QED) is 0.731. The minimum absolute atomic E-state index is 0.0310. The van der Waals surface area contributed by atoms with Gasteiger partial charge in [0.05, 0.1) is 5.51 Å². The van der Waals surface area contributed by atoms with E-state index in [1.165, 1.54) is 11.3 Å². The van der Waals surface area contributed by atoms with Crippen molar-refractivity contribution in [1.82, 2.24) is 4.98 Å². The topological polar surface area (TPSA) is 52.8 Å². The van der Waals surface area contributed by atoms with E-state index in [9.17, 15) is 5.21 Å². The number of quaternary nitrogens is 1. The first-order chi connectivity index (χ1) is 7.36. The lowest BCUT2D eigenvalue weighted by atomic mass is 10.3. The molecule has 0 fully saturated rings. The Morgan fingerprint density at radius 1 is 1.27 bits per heavy atom. The van der Waals surface area contributed by atoms with Gasteiger partial charge in [-0.25, -0.2) is 4.98 Å². The van der Waals surface area contributed by atoms with Crippen LogP contribution in [-0.2, 0) is 0 Å². The normalized spacial score (nSPS) is 18.7. The number of hydrogen-bond acceptors (Lipinski definition) is 4. The Balaban J connectivity index is 2.11. The van der Waals surface area contributed by atoms with E-state index in [-0.39, 0.29) is 5.06 Å². The molecule has 1 N–H and O–H groups in total. The fraction of sp³-hybridized carbons (Fsp3) is 0. The lowest BCUT2D eigenvalue weighted by molar-refractivity contribution is -0.663. The Hall–Kier alpha value is -1.56. The van der Waals surface area contributed by atoms with Crippen molar-refractivity contribution < 1.29 is 5.06 Å². The van der Waals surface area contributed by atoms with Crippen LogP contribution in [0.1, 0.15) is 5.69 Å². The van der Waals surface area contributed by atoms with Crippen LogP contribution in [0.15, 0.2) is 40.1 Å². The smallest absolute Gasteiger partial charge is 0.259 e. The molecule has 2 heterocycles. The maximum Gasteiger partial charge on any atom is 0.259 e. The van der Waals surface area contributed by atoms with Crippen molar-refractivity contribution in [2.75, 3.05) is 0 Å². The zero-order valence-corrected chi connectivity index (χ0v) is 8.49. The highest BCUT2D eigenvalue weighted by atomic mass is 32.1. The van der Waals surface area contributed by atoms with Crippen molar-refractivity contribution in [3.63, 3.8) is 0 Å². The third kappa shape index (κ3) is 1.29. The van der Waals surface area contributed by atoms with Gasteiger partial charge < -0.3 is 5.21 Å². The molecule has 1 aliphatic rings. The van der Waals surface area contributed by atoms with Crippen LogP contribution in [-0.4, -0.2) is 10.8 Å². The highest BCUT2D eigenvalue weighted by Gasteiger charge is 2.25. The fourth-order valence-corrected chi connectivity index (χ4v) is 2.10. The van der Waals surface area contributed by atoms with Crippen molar-refractivity contribution in [2.24, 2.45) is 4.99 Å². The first kappa shape index (κ1) is 8.72. The molecule has 1 aliphatic heterocycles. The van der Waals surface area contributed by atoms with Crippen LogP contribution in [0.4, 0.5) is 11.4 Å². The molecular weight excluding hydrogens is 210 g/mol. The van der Waals surface area contributed by atoms with Crippen LogP contribution in [0.25, 0.3) is 0 Å². The Kier molecular flexibility index (Phi) is 1.88. The summed E-state index contributed by atoms with van der Waals surface area (Å²) in [5, 5.41) is 13.7. The van der Waals surface area contributed by atoms with Crippen molar-refractivity contribution in [1.29, 1.82) is 0 Å². The number of benzene rings is 1. The van der Waals surface area contributed by atoms with Crippen LogP contribution in [0, 0.1) is 5.21 Å². The number of para-hydroxylation sites is 2.